The number of hydrogen-bond acceptors (Lipinski definition) is 2. The normalized spacial score (nSPS) is 13.1. The molecule has 0 spiro atoms. The molecular weight excluding hydrogens is 423 g/mol. The second-order valence-electron chi connectivity index (χ2n) is 7.80. The number of Topliss-reactive ketones (excluding diaryl/α,β-unsaturated/α-hetero) is 1. The van der Waals surface area contributed by atoms with Crippen molar-refractivity contribution in [2.75, 3.05) is 0 Å². The molecule has 3 heteroatoms. The van der Waals surface area contributed by atoms with Crippen LogP contribution in [0.5, 0.6) is 0 Å². The monoisotopic (exact) mass is 458 g/mol. The van der Waals surface area contributed by atoms with Crippen molar-refractivity contribution in [3.8, 4) is 0 Å². The molecule has 0 fully saturated rings. The molecule has 0 aliphatic rings. The summed E-state index contributed by atoms with van der Waals surface area (Å²) in [5, 5.41) is 0. The van der Waals surface area contributed by atoms with Gasteiger partial charge >= 0.3 is 159 Å². The van der Waals surface area contributed by atoms with Crippen molar-refractivity contribution in [1.29, 1.82) is 0 Å². The molecule has 0 aliphatic heterocycles. The van der Waals surface area contributed by atoms with Crippen LogP contribution in [0, 0.1) is 5.92 Å². The molecule has 156 valence electrons. The van der Waals surface area contributed by atoms with Crippen LogP contribution in [0.4, 0.5) is 0 Å². The maximum atomic E-state index is 12.2. The van der Waals surface area contributed by atoms with Crippen LogP contribution in [0.2, 0.25) is 0 Å². The Morgan fingerprint density at radius 1 is 1.00 bits per heavy atom. The van der Waals surface area contributed by atoms with Crippen LogP contribution >= 0.6 is 0 Å². The number of rotatable bonds is 13. The van der Waals surface area contributed by atoms with Gasteiger partial charge in [-0.15, -0.1) is 0 Å². The van der Waals surface area contributed by atoms with Crippen LogP contribution < -0.4 is 4.46 Å². The van der Waals surface area contributed by atoms with E-state index in [1.54, 1.807) is 13.0 Å². The summed E-state index contributed by atoms with van der Waals surface area (Å²) in [7, 11) is 0. The number of allylic oxidation sites excluding steroid dienone is 6. The molecule has 1 unspecified atom stereocenters. The average molecular weight is 458 g/mol. The SMILES string of the molecule is C=C(C)C(=O)CC(CC/C(C)=C/CC/C(C)=C/C(=O)[Se]c1ccccc1)C(=C)C. The van der Waals surface area contributed by atoms with Crippen LogP contribution in [0.25, 0.3) is 0 Å². The van der Waals surface area contributed by atoms with E-state index in [9.17, 15) is 9.59 Å². The minimum atomic E-state index is -0.146. The van der Waals surface area contributed by atoms with Gasteiger partial charge < -0.3 is 0 Å². The van der Waals surface area contributed by atoms with E-state index in [1.807, 2.05) is 44.2 Å². The molecule has 1 aromatic carbocycles. The fourth-order valence-electron chi connectivity index (χ4n) is 2.88. The first-order valence-electron chi connectivity index (χ1n) is 10.1. The van der Waals surface area contributed by atoms with Crippen molar-refractivity contribution in [1.82, 2.24) is 0 Å². The molecule has 0 saturated carbocycles. The molecule has 29 heavy (non-hydrogen) atoms. The molecule has 1 rings (SSSR count). The number of carbonyl (C=O) groups is 2. The summed E-state index contributed by atoms with van der Waals surface area (Å²) in [6, 6.07) is 9.93. The van der Waals surface area contributed by atoms with Crippen molar-refractivity contribution >= 4 is 29.9 Å². The third-order valence-corrected chi connectivity index (χ3v) is 6.58. The Morgan fingerprint density at radius 3 is 2.24 bits per heavy atom. The standard InChI is InChI=1S/C26H34O2Se/c1-19(2)23(18-25(27)20(3)4)16-15-21(5)11-10-12-22(6)17-26(28)29-24-13-8-7-9-14-24/h7-9,11,13-14,17,23H,1,3,10,12,15-16,18H2,2,4-6H3/b21-11+,22-17+. The number of hydrogen-bond donors (Lipinski definition) is 0. The first-order chi connectivity index (χ1) is 13.7. The van der Waals surface area contributed by atoms with Crippen LogP contribution in [-0.2, 0) is 9.59 Å². The van der Waals surface area contributed by atoms with Crippen molar-refractivity contribution < 1.29 is 9.59 Å². The first-order valence-corrected chi connectivity index (χ1v) is 11.8. The maximum absolute atomic E-state index is 12.2. The topological polar surface area (TPSA) is 34.1 Å². The van der Waals surface area contributed by atoms with Crippen molar-refractivity contribution in [3.63, 3.8) is 0 Å². The summed E-state index contributed by atoms with van der Waals surface area (Å²) in [4.78, 5) is 24.2. The number of benzene rings is 1. The van der Waals surface area contributed by atoms with Crippen molar-refractivity contribution in [2.45, 2.75) is 59.8 Å². The Kier molecular flexibility index (Phi) is 11.5. The van der Waals surface area contributed by atoms with Gasteiger partial charge in [-0.2, -0.15) is 0 Å². The predicted molar refractivity (Wildman–Crippen MR) is 126 cm³/mol. The Balaban J connectivity index is 2.45. The summed E-state index contributed by atoms with van der Waals surface area (Å²) < 4.78 is 1.33. The fourth-order valence-corrected chi connectivity index (χ4v) is 4.53. The Bertz CT molecular complexity index is 784. The minimum absolute atomic E-state index is 0.127. The van der Waals surface area contributed by atoms with E-state index < -0.39 is 0 Å². The van der Waals surface area contributed by atoms with Gasteiger partial charge in [0.25, 0.3) is 0 Å². The van der Waals surface area contributed by atoms with Gasteiger partial charge in [-0.3, -0.25) is 4.79 Å². The number of ketones is 1. The zero-order valence-electron chi connectivity index (χ0n) is 18.3. The van der Waals surface area contributed by atoms with Crippen LogP contribution in [-0.4, -0.2) is 25.4 Å². The molecular formula is C26H34O2Se. The molecule has 0 bridgehead atoms. The molecule has 1 aromatic rings. The van der Waals surface area contributed by atoms with Crippen molar-refractivity contribution in [3.05, 3.63) is 77.9 Å². The van der Waals surface area contributed by atoms with E-state index >= 15 is 0 Å². The van der Waals surface area contributed by atoms with E-state index in [1.165, 1.54) is 5.57 Å². The Morgan fingerprint density at radius 2 is 1.66 bits per heavy atom. The second kappa shape index (κ2) is 13.3. The Labute approximate surface area is 183 Å². The van der Waals surface area contributed by atoms with E-state index in [0.717, 1.165) is 41.3 Å². The molecule has 1 atom stereocenters. The molecule has 0 aromatic heterocycles. The zero-order valence-corrected chi connectivity index (χ0v) is 20.0. The van der Waals surface area contributed by atoms with Gasteiger partial charge in [0.1, 0.15) is 0 Å². The molecule has 0 aliphatic carbocycles. The second-order valence-corrected chi connectivity index (χ2v) is 10.1. The van der Waals surface area contributed by atoms with Gasteiger partial charge in [0, 0.05) is 0 Å². The van der Waals surface area contributed by atoms with Gasteiger partial charge in [-0.1, -0.05) is 6.58 Å². The predicted octanol–water partition coefficient (Wildman–Crippen LogP) is 5.72. The van der Waals surface area contributed by atoms with Crippen LogP contribution in [0.1, 0.15) is 59.8 Å². The molecule has 2 nitrogen and oxygen atoms in total. The summed E-state index contributed by atoms with van der Waals surface area (Å²) in [6.45, 7) is 15.7. The molecule has 0 N–H and O–H groups in total. The van der Waals surface area contributed by atoms with Gasteiger partial charge in [0.05, 0.1) is 0 Å². The summed E-state index contributed by atoms with van der Waals surface area (Å²) >= 11 is -0.146. The zero-order chi connectivity index (χ0) is 21.8. The third-order valence-electron chi connectivity index (χ3n) is 4.85. The van der Waals surface area contributed by atoms with Gasteiger partial charge in [-0.25, -0.2) is 0 Å². The Hall–Kier alpha value is -1.96. The molecule has 0 saturated heterocycles. The fraction of sp³-hybridized carbons (Fsp3) is 0.385. The van der Waals surface area contributed by atoms with E-state index in [4.69, 9.17) is 0 Å². The van der Waals surface area contributed by atoms with E-state index in [0.29, 0.717) is 12.0 Å². The number of carbonyl (C=O) groups excluding carboxylic acids is 2. The molecule has 0 radical (unpaired) electrons. The summed E-state index contributed by atoms with van der Waals surface area (Å²) in [5.41, 5.74) is 4.13. The quantitative estimate of drug-likeness (QED) is 0.216. The van der Waals surface area contributed by atoms with Gasteiger partial charge in [0.15, 0.2) is 0 Å². The molecule has 0 heterocycles. The average Bonchev–Trinajstić information content (AvgIpc) is 2.65. The van der Waals surface area contributed by atoms with Gasteiger partial charge in [-0.05, 0) is 12.5 Å². The molecule has 0 amide bonds. The van der Waals surface area contributed by atoms with E-state index in [-0.39, 0.29) is 31.3 Å². The van der Waals surface area contributed by atoms with Crippen LogP contribution in [0.15, 0.2) is 77.9 Å². The van der Waals surface area contributed by atoms with Gasteiger partial charge in [0.2, 0.25) is 0 Å². The third kappa shape index (κ3) is 11.0. The summed E-state index contributed by atoms with van der Waals surface area (Å²) in [6.07, 6.45) is 8.28. The van der Waals surface area contributed by atoms with Crippen LogP contribution in [0.3, 0.4) is 0 Å². The van der Waals surface area contributed by atoms with Crippen molar-refractivity contribution in [2.24, 2.45) is 5.92 Å². The summed E-state index contributed by atoms with van der Waals surface area (Å²) in [5.74, 6) is 0.337. The van der Waals surface area contributed by atoms with E-state index in [2.05, 4.69) is 26.2 Å². The first kappa shape index (κ1) is 25.1.